The van der Waals surface area contributed by atoms with Gasteiger partial charge in [0.15, 0.2) is 6.20 Å². The van der Waals surface area contributed by atoms with Crippen LogP contribution in [0.4, 0.5) is 0 Å². The molecule has 64 valence electrons. The summed E-state index contributed by atoms with van der Waals surface area (Å²) in [4.78, 5) is 0.797. The number of fused-ring (bicyclic) bond motifs is 3. The van der Waals surface area contributed by atoms with E-state index >= 15 is 0 Å². The third-order valence-corrected chi connectivity index (χ3v) is 3.74. The number of hydrogen-bond donors (Lipinski definition) is 0. The molecule has 0 aliphatic rings. The van der Waals surface area contributed by atoms with Crippen LogP contribution < -0.4 is 4.73 Å². The van der Waals surface area contributed by atoms with E-state index in [9.17, 15) is 5.21 Å². The van der Waals surface area contributed by atoms with Crippen LogP contribution in [0.2, 0.25) is 0 Å². The van der Waals surface area contributed by atoms with Crippen molar-refractivity contribution in [3.05, 3.63) is 33.6 Å². The van der Waals surface area contributed by atoms with Gasteiger partial charge in [0.1, 0.15) is 0 Å². The van der Waals surface area contributed by atoms with E-state index in [1.54, 1.807) is 17.5 Å². The topological polar surface area (TPSA) is 26.9 Å². The van der Waals surface area contributed by atoms with Crippen molar-refractivity contribution < 1.29 is 4.73 Å². The van der Waals surface area contributed by atoms with Gasteiger partial charge in [0.2, 0.25) is 0 Å². The van der Waals surface area contributed by atoms with Crippen LogP contribution in [0.1, 0.15) is 0 Å². The first-order valence-corrected chi connectivity index (χ1v) is 5.64. The smallest absolute Gasteiger partial charge is 0.280 e. The van der Waals surface area contributed by atoms with E-state index in [2.05, 4.69) is 5.38 Å². The number of thiophene rings is 2. The summed E-state index contributed by atoms with van der Waals surface area (Å²) in [5.41, 5.74) is 0. The molecule has 0 aliphatic carbocycles. The van der Waals surface area contributed by atoms with Crippen molar-refractivity contribution in [2.24, 2.45) is 0 Å². The van der Waals surface area contributed by atoms with Crippen molar-refractivity contribution in [2.45, 2.75) is 0 Å². The van der Waals surface area contributed by atoms with E-state index in [1.165, 1.54) is 16.7 Å². The highest BCUT2D eigenvalue weighted by molar-refractivity contribution is 7.16. The van der Waals surface area contributed by atoms with Crippen LogP contribution in [0.3, 0.4) is 0 Å². The van der Waals surface area contributed by atoms with Crippen molar-refractivity contribution in [3.63, 3.8) is 0 Å². The SMILES string of the molecule is [O-][n+]1cc2cscc2c2ccsc21. The average Bonchev–Trinajstić information content (AvgIpc) is 2.66. The number of nitrogens with zero attached hydrogens (tertiary/aromatic N) is 1. The predicted molar refractivity (Wildman–Crippen MR) is 56.2 cm³/mol. The summed E-state index contributed by atoms with van der Waals surface area (Å²) in [6.07, 6.45) is 1.64. The summed E-state index contributed by atoms with van der Waals surface area (Å²) in [6.45, 7) is 0. The van der Waals surface area contributed by atoms with Gasteiger partial charge in [-0.3, -0.25) is 0 Å². The second-order valence-electron chi connectivity index (χ2n) is 2.84. The first-order chi connectivity index (χ1) is 6.36. The lowest BCUT2D eigenvalue weighted by Crippen LogP contribution is -2.24. The van der Waals surface area contributed by atoms with Crippen LogP contribution in [0.15, 0.2) is 28.4 Å². The zero-order chi connectivity index (χ0) is 8.84. The van der Waals surface area contributed by atoms with Gasteiger partial charge in [-0.15, -0.1) is 0 Å². The molecule has 0 atom stereocenters. The highest BCUT2D eigenvalue weighted by Gasteiger charge is 2.10. The minimum absolute atomic E-state index is 0.797. The molecule has 0 saturated heterocycles. The summed E-state index contributed by atoms with van der Waals surface area (Å²) in [7, 11) is 0. The lowest BCUT2D eigenvalue weighted by atomic mass is 10.2. The number of hydrogen-bond acceptors (Lipinski definition) is 3. The molecule has 0 fully saturated rings. The highest BCUT2D eigenvalue weighted by atomic mass is 32.1. The number of pyridine rings is 1. The minimum atomic E-state index is 0.797. The van der Waals surface area contributed by atoms with E-state index in [4.69, 9.17) is 0 Å². The van der Waals surface area contributed by atoms with Crippen molar-refractivity contribution in [1.29, 1.82) is 0 Å². The Balaban J connectivity index is 2.70. The zero-order valence-electron chi connectivity index (χ0n) is 6.56. The Morgan fingerprint density at radius 3 is 3.08 bits per heavy atom. The van der Waals surface area contributed by atoms with Crippen molar-refractivity contribution in [3.8, 4) is 0 Å². The molecule has 2 nitrogen and oxygen atoms in total. The first-order valence-electron chi connectivity index (χ1n) is 3.81. The van der Waals surface area contributed by atoms with Crippen molar-refractivity contribution in [1.82, 2.24) is 0 Å². The maximum atomic E-state index is 11.5. The van der Waals surface area contributed by atoms with Crippen LogP contribution in [0, 0.1) is 5.21 Å². The fourth-order valence-electron chi connectivity index (χ4n) is 1.49. The molecule has 0 radical (unpaired) electrons. The van der Waals surface area contributed by atoms with Gasteiger partial charge in [-0.25, -0.2) is 0 Å². The van der Waals surface area contributed by atoms with Gasteiger partial charge in [0.25, 0.3) is 4.83 Å². The molecule has 0 N–H and O–H groups in total. The minimum Gasteiger partial charge on any atom is -0.618 e. The summed E-state index contributed by atoms with van der Waals surface area (Å²) in [5, 5.41) is 20.8. The molecular weight excluding hydrogens is 202 g/mol. The standard InChI is InChI=1S/C9H5NOS2/c11-10-3-6-4-12-5-8(6)7-1-2-13-9(7)10/h1-5H. The van der Waals surface area contributed by atoms with Crippen molar-refractivity contribution >= 4 is 43.7 Å². The molecule has 0 bridgehead atoms. The van der Waals surface area contributed by atoms with Crippen LogP contribution in [0.5, 0.6) is 0 Å². The molecular formula is C9H5NOS2. The molecule has 0 saturated carbocycles. The Hall–Kier alpha value is -1.13. The van der Waals surface area contributed by atoms with Crippen LogP contribution in [-0.2, 0) is 0 Å². The lowest BCUT2D eigenvalue weighted by Gasteiger charge is -1.97. The predicted octanol–water partition coefficient (Wildman–Crippen LogP) is 2.75. The first kappa shape index (κ1) is 7.29. The Labute approximate surface area is 82.3 Å². The van der Waals surface area contributed by atoms with Crippen LogP contribution >= 0.6 is 22.7 Å². The molecule has 4 heteroatoms. The highest BCUT2D eigenvalue weighted by Crippen LogP contribution is 2.28. The van der Waals surface area contributed by atoms with Gasteiger partial charge < -0.3 is 5.21 Å². The van der Waals surface area contributed by atoms with Gasteiger partial charge in [-0.05, 0) is 16.8 Å². The van der Waals surface area contributed by atoms with Gasteiger partial charge in [0, 0.05) is 10.8 Å². The molecule has 13 heavy (non-hydrogen) atoms. The Kier molecular flexibility index (Phi) is 1.36. The van der Waals surface area contributed by atoms with Crippen LogP contribution in [-0.4, -0.2) is 0 Å². The van der Waals surface area contributed by atoms with Gasteiger partial charge in [-0.1, -0.05) is 11.3 Å². The van der Waals surface area contributed by atoms with Crippen molar-refractivity contribution in [2.75, 3.05) is 0 Å². The third kappa shape index (κ3) is 0.897. The van der Waals surface area contributed by atoms with Gasteiger partial charge in [-0.2, -0.15) is 16.1 Å². The maximum absolute atomic E-state index is 11.5. The monoisotopic (exact) mass is 207 g/mol. The molecule has 0 amide bonds. The lowest BCUT2D eigenvalue weighted by molar-refractivity contribution is -0.573. The van der Waals surface area contributed by atoms with E-state index < -0.39 is 0 Å². The Morgan fingerprint density at radius 1 is 1.23 bits per heavy atom. The van der Waals surface area contributed by atoms with E-state index in [1.807, 2.05) is 16.8 Å². The molecule has 3 rings (SSSR count). The second kappa shape index (κ2) is 2.43. The quantitative estimate of drug-likeness (QED) is 0.411. The zero-order valence-corrected chi connectivity index (χ0v) is 8.19. The van der Waals surface area contributed by atoms with Gasteiger partial charge in [0.05, 0.1) is 10.8 Å². The summed E-state index contributed by atoms with van der Waals surface area (Å²) < 4.78 is 0.953. The fourth-order valence-corrected chi connectivity index (χ4v) is 3.08. The largest absolute Gasteiger partial charge is 0.618 e. The molecule has 0 aliphatic heterocycles. The summed E-state index contributed by atoms with van der Waals surface area (Å²) in [6, 6.07) is 2.00. The molecule has 0 aromatic carbocycles. The number of aromatic nitrogens is 1. The Morgan fingerprint density at radius 2 is 2.15 bits per heavy atom. The van der Waals surface area contributed by atoms with Crippen LogP contribution in [0.25, 0.3) is 21.0 Å². The van der Waals surface area contributed by atoms with Gasteiger partial charge >= 0.3 is 0 Å². The molecule has 0 spiro atoms. The third-order valence-electron chi connectivity index (χ3n) is 2.08. The average molecular weight is 207 g/mol. The summed E-state index contributed by atoms with van der Waals surface area (Å²) in [5.74, 6) is 0. The maximum Gasteiger partial charge on any atom is 0.280 e. The fraction of sp³-hybridized carbons (Fsp3) is 0. The summed E-state index contributed by atoms with van der Waals surface area (Å²) >= 11 is 3.12. The van der Waals surface area contributed by atoms with E-state index in [-0.39, 0.29) is 0 Å². The number of rotatable bonds is 0. The molecule has 3 aromatic rings. The Bertz CT molecular complexity index is 581. The molecule has 3 aromatic heterocycles. The molecule has 0 unspecified atom stereocenters. The van der Waals surface area contributed by atoms with E-state index in [0.717, 1.165) is 20.3 Å². The normalized spacial score (nSPS) is 11.4. The molecule has 3 heterocycles. The van der Waals surface area contributed by atoms with E-state index in [0.29, 0.717) is 0 Å². The second-order valence-corrected chi connectivity index (χ2v) is 4.47.